The van der Waals surface area contributed by atoms with E-state index in [2.05, 4.69) is 39.0 Å². The van der Waals surface area contributed by atoms with E-state index in [1.165, 1.54) is 109 Å². The standard InChI is InChI=1S/C26H46/c1-4-7-10-11-12-13-14-15-16-17-20-25-22-18-21-24(19-8-5-2)26(25)23-9-6-3/h18,21-22H,4-17,19-20,23H2,1-3H3. The summed E-state index contributed by atoms with van der Waals surface area (Å²) in [5.74, 6) is 0. The molecule has 1 aromatic carbocycles. The summed E-state index contributed by atoms with van der Waals surface area (Å²) in [6.07, 6.45) is 23.5. The van der Waals surface area contributed by atoms with Gasteiger partial charge >= 0.3 is 0 Å². The number of aryl methyl sites for hydroxylation is 2. The molecule has 0 N–H and O–H groups in total. The van der Waals surface area contributed by atoms with Crippen molar-refractivity contribution in [3.63, 3.8) is 0 Å². The van der Waals surface area contributed by atoms with Crippen molar-refractivity contribution >= 4 is 0 Å². The zero-order chi connectivity index (χ0) is 18.9. The van der Waals surface area contributed by atoms with Gasteiger partial charge in [0.1, 0.15) is 0 Å². The van der Waals surface area contributed by atoms with Gasteiger partial charge in [0.15, 0.2) is 0 Å². The minimum atomic E-state index is 1.28. The first kappa shape index (κ1) is 23.3. The van der Waals surface area contributed by atoms with E-state index in [9.17, 15) is 0 Å². The summed E-state index contributed by atoms with van der Waals surface area (Å²) in [6, 6.07) is 7.11. The highest BCUT2D eigenvalue weighted by atomic mass is 14.1. The van der Waals surface area contributed by atoms with Crippen LogP contribution in [0.15, 0.2) is 18.2 Å². The van der Waals surface area contributed by atoms with E-state index in [4.69, 9.17) is 0 Å². The van der Waals surface area contributed by atoms with E-state index in [1.807, 2.05) is 0 Å². The fourth-order valence-corrected chi connectivity index (χ4v) is 4.00. The molecule has 0 bridgehead atoms. The number of benzene rings is 1. The first-order chi connectivity index (χ1) is 12.8. The largest absolute Gasteiger partial charge is 0.0654 e. The molecule has 0 saturated heterocycles. The topological polar surface area (TPSA) is 0 Å². The third-order valence-electron chi connectivity index (χ3n) is 5.75. The normalized spacial score (nSPS) is 11.2. The van der Waals surface area contributed by atoms with Crippen molar-refractivity contribution in [2.24, 2.45) is 0 Å². The molecular formula is C26H46. The number of unbranched alkanes of at least 4 members (excludes halogenated alkanes) is 11. The molecule has 150 valence electrons. The third-order valence-corrected chi connectivity index (χ3v) is 5.75. The first-order valence-electron chi connectivity index (χ1n) is 11.9. The lowest BCUT2D eigenvalue weighted by molar-refractivity contribution is 0.556. The maximum atomic E-state index is 2.41. The van der Waals surface area contributed by atoms with Crippen LogP contribution in [0.3, 0.4) is 0 Å². The van der Waals surface area contributed by atoms with Crippen LogP contribution >= 0.6 is 0 Å². The van der Waals surface area contributed by atoms with Crippen LogP contribution in [0.25, 0.3) is 0 Å². The molecule has 1 aromatic rings. The Bertz CT molecular complexity index is 432. The highest BCUT2D eigenvalue weighted by molar-refractivity contribution is 5.36. The monoisotopic (exact) mass is 358 g/mol. The Morgan fingerprint density at radius 3 is 1.42 bits per heavy atom. The van der Waals surface area contributed by atoms with Gasteiger partial charge in [-0.15, -0.1) is 0 Å². The average Bonchev–Trinajstić information content (AvgIpc) is 2.66. The zero-order valence-corrected chi connectivity index (χ0v) is 18.3. The molecule has 0 nitrogen and oxygen atoms in total. The molecule has 0 fully saturated rings. The van der Waals surface area contributed by atoms with E-state index >= 15 is 0 Å². The Balaban J connectivity index is 2.32. The Labute approximate surface area is 165 Å². The van der Waals surface area contributed by atoms with Crippen molar-refractivity contribution in [2.45, 2.75) is 130 Å². The van der Waals surface area contributed by atoms with E-state index in [0.717, 1.165) is 0 Å². The van der Waals surface area contributed by atoms with Gasteiger partial charge in [-0.2, -0.15) is 0 Å². The summed E-state index contributed by atoms with van der Waals surface area (Å²) >= 11 is 0. The molecule has 0 aliphatic heterocycles. The molecule has 0 aliphatic carbocycles. The molecular weight excluding hydrogens is 312 g/mol. The molecule has 0 spiro atoms. The second kappa shape index (κ2) is 16.4. The quantitative estimate of drug-likeness (QED) is 0.244. The summed E-state index contributed by atoms with van der Waals surface area (Å²) in [6.45, 7) is 6.92. The van der Waals surface area contributed by atoms with Crippen LogP contribution in [0.5, 0.6) is 0 Å². The van der Waals surface area contributed by atoms with Gasteiger partial charge in [0, 0.05) is 0 Å². The van der Waals surface area contributed by atoms with Crippen LogP contribution in [0, 0.1) is 0 Å². The van der Waals surface area contributed by atoms with Gasteiger partial charge in [-0.1, -0.05) is 110 Å². The summed E-state index contributed by atoms with van der Waals surface area (Å²) in [7, 11) is 0. The second-order valence-electron chi connectivity index (χ2n) is 8.19. The highest BCUT2D eigenvalue weighted by Crippen LogP contribution is 2.22. The maximum absolute atomic E-state index is 2.41. The molecule has 0 aromatic heterocycles. The van der Waals surface area contributed by atoms with Crippen molar-refractivity contribution in [1.29, 1.82) is 0 Å². The van der Waals surface area contributed by atoms with E-state index in [1.54, 1.807) is 16.7 Å². The summed E-state index contributed by atoms with van der Waals surface area (Å²) in [5.41, 5.74) is 5.01. The SMILES string of the molecule is CCCCCCCCCCCCc1cccc(CCCC)c1CCCC. The highest BCUT2D eigenvalue weighted by Gasteiger charge is 2.08. The lowest BCUT2D eigenvalue weighted by Crippen LogP contribution is -2.01. The number of hydrogen-bond donors (Lipinski definition) is 0. The first-order valence-corrected chi connectivity index (χ1v) is 11.9. The van der Waals surface area contributed by atoms with Gasteiger partial charge < -0.3 is 0 Å². The van der Waals surface area contributed by atoms with Gasteiger partial charge in [0.25, 0.3) is 0 Å². The molecule has 0 amide bonds. The van der Waals surface area contributed by atoms with Crippen LogP contribution in [-0.2, 0) is 19.3 Å². The van der Waals surface area contributed by atoms with Crippen LogP contribution < -0.4 is 0 Å². The van der Waals surface area contributed by atoms with Gasteiger partial charge in [-0.05, 0) is 55.2 Å². The molecule has 0 unspecified atom stereocenters. The minimum absolute atomic E-state index is 1.28. The summed E-state index contributed by atoms with van der Waals surface area (Å²) in [4.78, 5) is 0. The van der Waals surface area contributed by atoms with Crippen LogP contribution in [-0.4, -0.2) is 0 Å². The summed E-state index contributed by atoms with van der Waals surface area (Å²) < 4.78 is 0. The van der Waals surface area contributed by atoms with Crippen LogP contribution in [0.4, 0.5) is 0 Å². The van der Waals surface area contributed by atoms with Gasteiger partial charge in [0.2, 0.25) is 0 Å². The van der Waals surface area contributed by atoms with Crippen molar-refractivity contribution in [3.8, 4) is 0 Å². The van der Waals surface area contributed by atoms with Gasteiger partial charge in [-0.25, -0.2) is 0 Å². The number of hydrogen-bond acceptors (Lipinski definition) is 0. The van der Waals surface area contributed by atoms with Crippen LogP contribution in [0.2, 0.25) is 0 Å². The Kier molecular flexibility index (Phi) is 14.7. The van der Waals surface area contributed by atoms with Crippen molar-refractivity contribution in [2.75, 3.05) is 0 Å². The van der Waals surface area contributed by atoms with Crippen LogP contribution in [0.1, 0.15) is 127 Å². The van der Waals surface area contributed by atoms with Crippen molar-refractivity contribution in [1.82, 2.24) is 0 Å². The van der Waals surface area contributed by atoms with Crippen molar-refractivity contribution < 1.29 is 0 Å². The number of rotatable bonds is 17. The zero-order valence-electron chi connectivity index (χ0n) is 18.3. The summed E-state index contributed by atoms with van der Waals surface area (Å²) in [5, 5.41) is 0. The Morgan fingerprint density at radius 1 is 0.462 bits per heavy atom. The lowest BCUT2D eigenvalue weighted by Gasteiger charge is -2.15. The van der Waals surface area contributed by atoms with Gasteiger partial charge in [-0.3, -0.25) is 0 Å². The molecule has 0 saturated carbocycles. The molecule has 0 heterocycles. The van der Waals surface area contributed by atoms with E-state index in [0.29, 0.717) is 0 Å². The molecule has 0 atom stereocenters. The molecule has 1 rings (SSSR count). The minimum Gasteiger partial charge on any atom is -0.0654 e. The predicted molar refractivity (Wildman–Crippen MR) is 119 cm³/mol. The molecule has 0 aliphatic rings. The fourth-order valence-electron chi connectivity index (χ4n) is 4.00. The molecule has 0 radical (unpaired) electrons. The molecule has 0 heteroatoms. The van der Waals surface area contributed by atoms with E-state index in [-0.39, 0.29) is 0 Å². The fraction of sp³-hybridized carbons (Fsp3) is 0.769. The smallest absolute Gasteiger partial charge is 0.0274 e. The third kappa shape index (κ3) is 10.4. The Morgan fingerprint density at radius 2 is 0.885 bits per heavy atom. The van der Waals surface area contributed by atoms with E-state index < -0.39 is 0 Å². The average molecular weight is 359 g/mol. The van der Waals surface area contributed by atoms with Crippen molar-refractivity contribution in [3.05, 3.63) is 34.9 Å². The predicted octanol–water partition coefficient (Wildman–Crippen LogP) is 8.84. The molecule has 26 heavy (non-hydrogen) atoms. The Hall–Kier alpha value is -0.780. The van der Waals surface area contributed by atoms with Gasteiger partial charge in [0.05, 0.1) is 0 Å². The maximum Gasteiger partial charge on any atom is -0.0274 e. The lowest BCUT2D eigenvalue weighted by atomic mass is 9.91. The second-order valence-corrected chi connectivity index (χ2v) is 8.19.